The Morgan fingerprint density at radius 1 is 0.756 bits per heavy atom. The van der Waals surface area contributed by atoms with Crippen LogP contribution in [0.5, 0.6) is 28.7 Å². The number of hydrogen-bond donors (Lipinski definition) is 5. The van der Waals surface area contributed by atoms with Gasteiger partial charge in [-0.2, -0.15) is 0 Å². The van der Waals surface area contributed by atoms with Crippen molar-refractivity contribution in [3.63, 3.8) is 0 Å². The summed E-state index contributed by atoms with van der Waals surface area (Å²) < 4.78 is 5.88. The molecule has 210 valence electrons. The summed E-state index contributed by atoms with van der Waals surface area (Å²) in [7, 11) is 1.56. The van der Waals surface area contributed by atoms with Gasteiger partial charge >= 0.3 is 0 Å². The van der Waals surface area contributed by atoms with Crippen molar-refractivity contribution < 1.29 is 34.8 Å². The fourth-order valence-electron chi connectivity index (χ4n) is 3.48. The molecule has 0 radical (unpaired) electrons. The number of hydrazine groups is 1. The Balaban J connectivity index is 0.000000201. The zero-order chi connectivity index (χ0) is 29.8. The molecule has 0 aromatic heterocycles. The fourth-order valence-corrected chi connectivity index (χ4v) is 5.88. The van der Waals surface area contributed by atoms with Crippen LogP contribution < -0.4 is 15.5 Å². The average Bonchev–Trinajstić information content (AvgIpc) is 3.36. The van der Waals surface area contributed by atoms with Gasteiger partial charge in [0.2, 0.25) is 0 Å². The number of benzene rings is 3. The van der Waals surface area contributed by atoms with Crippen LogP contribution in [0.3, 0.4) is 0 Å². The van der Waals surface area contributed by atoms with Crippen molar-refractivity contribution in [3.8, 4) is 28.7 Å². The molecule has 0 bridgehead atoms. The Morgan fingerprint density at radius 3 is 1.78 bits per heavy atom. The quantitative estimate of drug-likeness (QED) is 0.0896. The molecule has 5 rings (SSSR count). The number of anilines is 1. The Hall–Kier alpha value is -4.08. The highest BCUT2D eigenvalue weighted by molar-refractivity contribution is 8.27. The van der Waals surface area contributed by atoms with Crippen molar-refractivity contribution in [2.45, 2.75) is 0 Å². The maximum absolute atomic E-state index is 12.7. The number of nitrogens with two attached hydrogens (primary N) is 1. The van der Waals surface area contributed by atoms with Gasteiger partial charge in [-0.25, -0.2) is 10.9 Å². The van der Waals surface area contributed by atoms with E-state index in [1.165, 1.54) is 40.9 Å². The van der Waals surface area contributed by atoms with Crippen LogP contribution in [0.15, 0.2) is 70.5 Å². The number of methoxy groups -OCH3 is 1. The fraction of sp³-hybridized carbons (Fsp3) is 0.0370. The topological polar surface area (TPSA) is 157 Å². The number of ether oxygens (including phenoxy) is 1. The molecule has 0 spiro atoms. The molecule has 0 atom stereocenters. The van der Waals surface area contributed by atoms with Crippen LogP contribution in [0.25, 0.3) is 12.2 Å². The second-order valence-electron chi connectivity index (χ2n) is 8.27. The average molecular weight is 628 g/mol. The SMILES string of the molecule is COc1cccc(N2C(=O)/C(=C/c3ccc(O)c(O)c3)SC2=S)c1.NN1C(=O)/C(=C/c2ccc(O)c(O)c2)SC1=S. The predicted octanol–water partition coefficient (Wildman–Crippen LogP) is 4.68. The van der Waals surface area contributed by atoms with Gasteiger partial charge in [0.25, 0.3) is 11.8 Å². The van der Waals surface area contributed by atoms with Crippen molar-refractivity contribution in [2.75, 3.05) is 12.0 Å². The predicted molar refractivity (Wildman–Crippen MR) is 167 cm³/mol. The second kappa shape index (κ2) is 12.6. The summed E-state index contributed by atoms with van der Waals surface area (Å²) in [5.74, 6) is 4.50. The number of carbonyl (C=O) groups is 2. The summed E-state index contributed by atoms with van der Waals surface area (Å²) in [6.45, 7) is 0. The summed E-state index contributed by atoms with van der Waals surface area (Å²) in [6.07, 6.45) is 3.17. The van der Waals surface area contributed by atoms with Crippen molar-refractivity contribution in [2.24, 2.45) is 5.84 Å². The molecule has 0 saturated carbocycles. The Bertz CT molecular complexity index is 1640. The first-order chi connectivity index (χ1) is 19.5. The van der Waals surface area contributed by atoms with Crippen LogP contribution in [0.1, 0.15) is 11.1 Å². The van der Waals surface area contributed by atoms with Gasteiger partial charge in [0, 0.05) is 6.07 Å². The van der Waals surface area contributed by atoms with Gasteiger partial charge in [-0.15, -0.1) is 0 Å². The van der Waals surface area contributed by atoms with E-state index < -0.39 is 0 Å². The Morgan fingerprint density at radius 2 is 1.29 bits per heavy atom. The Labute approximate surface area is 253 Å². The largest absolute Gasteiger partial charge is 0.504 e. The highest BCUT2D eigenvalue weighted by Gasteiger charge is 2.33. The molecular weight excluding hydrogens is 607 g/mol. The zero-order valence-corrected chi connectivity index (χ0v) is 24.3. The summed E-state index contributed by atoms with van der Waals surface area (Å²) in [6, 6.07) is 15.7. The van der Waals surface area contributed by atoms with E-state index in [4.69, 9.17) is 40.1 Å². The van der Waals surface area contributed by atoms with E-state index in [1.54, 1.807) is 55.7 Å². The lowest BCUT2D eigenvalue weighted by Gasteiger charge is -2.15. The number of thioether (sulfide) groups is 2. The van der Waals surface area contributed by atoms with Gasteiger partial charge in [0.15, 0.2) is 31.6 Å². The molecule has 0 unspecified atom stereocenters. The number of nitrogens with zero attached hydrogens (tertiary/aromatic N) is 2. The number of phenolic OH excluding ortho intramolecular Hbond substituents is 4. The first-order valence-corrected chi connectivity index (χ1v) is 13.9. The van der Waals surface area contributed by atoms with E-state index >= 15 is 0 Å². The number of thiocarbonyl (C=S) groups is 2. The Kier molecular flexibility index (Phi) is 9.20. The van der Waals surface area contributed by atoms with Gasteiger partial charge in [-0.05, 0) is 59.7 Å². The zero-order valence-electron chi connectivity index (χ0n) is 21.0. The van der Waals surface area contributed by atoms with Gasteiger partial charge in [0.1, 0.15) is 5.75 Å². The van der Waals surface area contributed by atoms with Crippen molar-refractivity contribution in [3.05, 3.63) is 81.6 Å². The lowest BCUT2D eigenvalue weighted by atomic mass is 10.2. The minimum absolute atomic E-state index is 0.212. The standard InChI is InChI=1S/C17H13NO4S2.C10H8N2O3S2/c1-22-12-4-2-3-11(9-12)18-16(21)15(24-17(18)23)8-10-5-6-13(19)14(20)7-10;11-12-9(15)8(17-10(12)16)4-5-1-2-6(13)7(14)3-5/h2-9,19-20H,1H3;1-4,13-14H,11H2/b15-8-;8-4-. The molecule has 3 aromatic carbocycles. The third-order valence-corrected chi connectivity index (χ3v) is 8.16. The summed E-state index contributed by atoms with van der Waals surface area (Å²) in [4.78, 5) is 26.5. The molecule has 0 aliphatic carbocycles. The minimum atomic E-state index is -0.382. The second-order valence-corrected chi connectivity index (χ2v) is 11.6. The number of hydrogen-bond acceptors (Lipinski definition) is 12. The molecule has 2 aliphatic heterocycles. The van der Waals surface area contributed by atoms with Gasteiger partial charge < -0.3 is 25.2 Å². The van der Waals surface area contributed by atoms with Gasteiger partial charge in [-0.1, -0.05) is 66.2 Å². The molecular formula is C27H21N3O7S4. The molecule has 2 heterocycles. The number of carbonyl (C=O) groups excluding carboxylic acids is 2. The number of rotatable bonds is 4. The van der Waals surface area contributed by atoms with Gasteiger partial charge in [0.05, 0.1) is 22.6 Å². The molecule has 10 nitrogen and oxygen atoms in total. The molecule has 2 fully saturated rings. The number of aromatic hydroxyl groups is 4. The lowest BCUT2D eigenvalue weighted by Crippen LogP contribution is -2.34. The smallest absolute Gasteiger partial charge is 0.280 e. The first-order valence-electron chi connectivity index (χ1n) is 11.5. The maximum atomic E-state index is 12.7. The normalized spacial score (nSPS) is 16.9. The van der Waals surface area contributed by atoms with Crippen molar-refractivity contribution in [1.29, 1.82) is 0 Å². The summed E-state index contributed by atoms with van der Waals surface area (Å²) in [5.41, 5.74) is 1.81. The van der Waals surface area contributed by atoms with E-state index in [-0.39, 0.29) is 39.1 Å². The van der Waals surface area contributed by atoms with E-state index in [9.17, 15) is 24.9 Å². The molecule has 2 saturated heterocycles. The number of amides is 2. The third kappa shape index (κ3) is 6.81. The van der Waals surface area contributed by atoms with Crippen molar-refractivity contribution >= 4 is 86.3 Å². The van der Waals surface area contributed by atoms with Crippen LogP contribution in [0.4, 0.5) is 5.69 Å². The minimum Gasteiger partial charge on any atom is -0.504 e. The van der Waals surface area contributed by atoms with E-state index in [2.05, 4.69) is 0 Å². The van der Waals surface area contributed by atoms with Gasteiger partial charge in [-0.3, -0.25) is 14.5 Å². The van der Waals surface area contributed by atoms with Crippen LogP contribution in [-0.4, -0.2) is 53.0 Å². The van der Waals surface area contributed by atoms with Crippen LogP contribution in [0, 0.1) is 0 Å². The molecule has 14 heteroatoms. The molecule has 2 amide bonds. The van der Waals surface area contributed by atoms with Crippen LogP contribution >= 0.6 is 48.0 Å². The summed E-state index contributed by atoms with van der Waals surface area (Å²) >= 11 is 12.5. The number of phenols is 4. The highest BCUT2D eigenvalue weighted by Crippen LogP contribution is 2.38. The maximum Gasteiger partial charge on any atom is 0.280 e. The monoisotopic (exact) mass is 627 g/mol. The van der Waals surface area contributed by atoms with Crippen LogP contribution in [-0.2, 0) is 9.59 Å². The van der Waals surface area contributed by atoms with E-state index in [0.717, 1.165) is 16.8 Å². The van der Waals surface area contributed by atoms with E-state index in [1.807, 2.05) is 0 Å². The molecule has 41 heavy (non-hydrogen) atoms. The van der Waals surface area contributed by atoms with Crippen LogP contribution in [0.2, 0.25) is 0 Å². The molecule has 6 N–H and O–H groups in total. The summed E-state index contributed by atoms with van der Waals surface area (Å²) in [5, 5.41) is 38.3. The van der Waals surface area contributed by atoms with E-state index in [0.29, 0.717) is 36.7 Å². The van der Waals surface area contributed by atoms with Crippen molar-refractivity contribution in [1.82, 2.24) is 5.01 Å². The highest BCUT2D eigenvalue weighted by atomic mass is 32.2. The molecule has 3 aromatic rings. The third-order valence-electron chi connectivity index (χ3n) is 5.52. The first kappa shape index (κ1) is 29.9. The lowest BCUT2D eigenvalue weighted by molar-refractivity contribution is -0.122. The molecule has 2 aliphatic rings.